The van der Waals surface area contributed by atoms with E-state index in [1.165, 1.54) is 5.56 Å². The van der Waals surface area contributed by atoms with Gasteiger partial charge in [-0.3, -0.25) is 0 Å². The van der Waals surface area contributed by atoms with Crippen LogP contribution in [-0.4, -0.2) is 43.3 Å². The normalized spacial score (nSPS) is 15.1. The third-order valence-corrected chi connectivity index (χ3v) is 2.54. The Balaban J connectivity index is 2.33. The maximum absolute atomic E-state index is 9.71. The first-order valence-corrected chi connectivity index (χ1v) is 5.70. The van der Waals surface area contributed by atoms with Gasteiger partial charge in [-0.2, -0.15) is 0 Å². The number of aliphatic hydroxyl groups is 1. The lowest BCUT2D eigenvalue weighted by molar-refractivity contribution is 0.132. The van der Waals surface area contributed by atoms with Crippen molar-refractivity contribution >= 4 is 0 Å². The van der Waals surface area contributed by atoms with E-state index in [1.807, 2.05) is 37.2 Å². The third-order valence-electron chi connectivity index (χ3n) is 2.54. The van der Waals surface area contributed by atoms with Gasteiger partial charge in [0, 0.05) is 19.1 Å². The number of hydrogen-bond acceptors (Lipinski definition) is 3. The minimum Gasteiger partial charge on any atom is -0.390 e. The first-order valence-electron chi connectivity index (χ1n) is 5.70. The van der Waals surface area contributed by atoms with E-state index in [-0.39, 0.29) is 12.1 Å². The first kappa shape index (κ1) is 13.2. The standard InChI is InChI=1S/C13H22N2O/c1-11(12-7-5-4-6-8-12)14-9-13(16)10-15(2)3/h4-8,11,13-14,16H,9-10H2,1-3H3/t11-,13?/m1/s1. The van der Waals surface area contributed by atoms with Crippen LogP contribution in [0.4, 0.5) is 0 Å². The van der Waals surface area contributed by atoms with Gasteiger partial charge in [-0.1, -0.05) is 30.3 Å². The Morgan fingerprint density at radius 1 is 1.25 bits per heavy atom. The van der Waals surface area contributed by atoms with Crippen molar-refractivity contribution in [3.05, 3.63) is 35.9 Å². The number of rotatable bonds is 6. The van der Waals surface area contributed by atoms with Crippen molar-refractivity contribution in [2.45, 2.75) is 19.1 Å². The molecule has 0 aliphatic carbocycles. The molecule has 0 heterocycles. The molecule has 1 unspecified atom stereocenters. The van der Waals surface area contributed by atoms with Gasteiger partial charge in [0.25, 0.3) is 0 Å². The minimum absolute atomic E-state index is 0.276. The van der Waals surface area contributed by atoms with Gasteiger partial charge in [0.1, 0.15) is 0 Å². The summed E-state index contributed by atoms with van der Waals surface area (Å²) in [6, 6.07) is 10.5. The van der Waals surface area contributed by atoms with E-state index in [2.05, 4.69) is 24.4 Å². The third kappa shape index (κ3) is 4.75. The highest BCUT2D eigenvalue weighted by molar-refractivity contribution is 5.17. The molecule has 2 N–H and O–H groups in total. The van der Waals surface area contributed by atoms with Gasteiger partial charge < -0.3 is 15.3 Å². The molecular formula is C13H22N2O. The Hall–Kier alpha value is -0.900. The molecular weight excluding hydrogens is 200 g/mol. The molecule has 0 bridgehead atoms. The quantitative estimate of drug-likeness (QED) is 0.760. The molecule has 0 spiro atoms. The van der Waals surface area contributed by atoms with Crippen LogP contribution in [0.15, 0.2) is 30.3 Å². The van der Waals surface area contributed by atoms with Crippen LogP contribution in [-0.2, 0) is 0 Å². The van der Waals surface area contributed by atoms with Gasteiger partial charge in [0.2, 0.25) is 0 Å². The zero-order valence-corrected chi connectivity index (χ0v) is 10.4. The van der Waals surface area contributed by atoms with Crippen molar-refractivity contribution in [1.82, 2.24) is 10.2 Å². The predicted octanol–water partition coefficient (Wildman–Crippen LogP) is 1.26. The summed E-state index contributed by atoms with van der Waals surface area (Å²) in [7, 11) is 3.92. The van der Waals surface area contributed by atoms with Crippen LogP contribution in [0, 0.1) is 0 Å². The topological polar surface area (TPSA) is 35.5 Å². The Kier molecular flexibility index (Phi) is 5.46. The summed E-state index contributed by atoms with van der Waals surface area (Å²) in [5.41, 5.74) is 1.25. The maximum Gasteiger partial charge on any atom is 0.0791 e. The molecule has 0 aromatic heterocycles. The largest absolute Gasteiger partial charge is 0.390 e. The molecule has 16 heavy (non-hydrogen) atoms. The van der Waals surface area contributed by atoms with E-state index in [9.17, 15) is 5.11 Å². The van der Waals surface area contributed by atoms with Crippen molar-refractivity contribution in [1.29, 1.82) is 0 Å². The zero-order valence-electron chi connectivity index (χ0n) is 10.4. The molecule has 1 aromatic carbocycles. The average Bonchev–Trinajstić information content (AvgIpc) is 2.26. The van der Waals surface area contributed by atoms with E-state index < -0.39 is 0 Å². The molecule has 0 fully saturated rings. The Morgan fingerprint density at radius 2 is 1.88 bits per heavy atom. The Morgan fingerprint density at radius 3 is 2.44 bits per heavy atom. The van der Waals surface area contributed by atoms with Crippen molar-refractivity contribution < 1.29 is 5.11 Å². The van der Waals surface area contributed by atoms with E-state index in [0.29, 0.717) is 13.1 Å². The van der Waals surface area contributed by atoms with Crippen molar-refractivity contribution in [2.24, 2.45) is 0 Å². The highest BCUT2D eigenvalue weighted by Crippen LogP contribution is 2.10. The van der Waals surface area contributed by atoms with Crippen LogP contribution in [0.5, 0.6) is 0 Å². The fourth-order valence-electron chi connectivity index (χ4n) is 1.66. The van der Waals surface area contributed by atoms with Crippen molar-refractivity contribution in [3.8, 4) is 0 Å². The zero-order chi connectivity index (χ0) is 12.0. The first-order chi connectivity index (χ1) is 7.59. The molecule has 90 valence electrons. The van der Waals surface area contributed by atoms with E-state index >= 15 is 0 Å². The second-order valence-corrected chi connectivity index (χ2v) is 4.46. The van der Waals surface area contributed by atoms with E-state index in [0.717, 1.165) is 0 Å². The monoisotopic (exact) mass is 222 g/mol. The number of aliphatic hydroxyl groups excluding tert-OH is 1. The van der Waals surface area contributed by atoms with E-state index in [4.69, 9.17) is 0 Å². The lowest BCUT2D eigenvalue weighted by Crippen LogP contribution is -2.36. The molecule has 0 saturated carbocycles. The smallest absolute Gasteiger partial charge is 0.0791 e. The van der Waals surface area contributed by atoms with Crippen molar-refractivity contribution in [3.63, 3.8) is 0 Å². The summed E-state index contributed by atoms with van der Waals surface area (Å²) < 4.78 is 0. The summed E-state index contributed by atoms with van der Waals surface area (Å²) in [5.74, 6) is 0. The fourth-order valence-corrected chi connectivity index (χ4v) is 1.66. The van der Waals surface area contributed by atoms with Crippen LogP contribution < -0.4 is 5.32 Å². The highest BCUT2D eigenvalue weighted by atomic mass is 16.3. The van der Waals surface area contributed by atoms with Crippen LogP contribution in [0.2, 0.25) is 0 Å². The SMILES string of the molecule is C[C@@H](NCC(O)CN(C)C)c1ccccc1. The molecule has 3 heteroatoms. The number of nitrogens with one attached hydrogen (secondary N) is 1. The average molecular weight is 222 g/mol. The highest BCUT2D eigenvalue weighted by Gasteiger charge is 2.08. The maximum atomic E-state index is 9.71. The number of benzene rings is 1. The van der Waals surface area contributed by atoms with Crippen LogP contribution in [0.25, 0.3) is 0 Å². The molecule has 1 rings (SSSR count). The molecule has 0 amide bonds. The second kappa shape index (κ2) is 6.63. The molecule has 2 atom stereocenters. The van der Waals surface area contributed by atoms with Crippen LogP contribution in [0.3, 0.4) is 0 Å². The minimum atomic E-state index is -0.318. The summed E-state index contributed by atoms with van der Waals surface area (Å²) in [6.45, 7) is 3.42. The van der Waals surface area contributed by atoms with Gasteiger partial charge in [0.05, 0.1) is 6.10 Å². The van der Waals surface area contributed by atoms with Gasteiger partial charge in [-0.05, 0) is 26.6 Å². The van der Waals surface area contributed by atoms with Gasteiger partial charge in [0.15, 0.2) is 0 Å². The second-order valence-electron chi connectivity index (χ2n) is 4.46. The molecule has 1 aromatic rings. The van der Waals surface area contributed by atoms with Gasteiger partial charge in [-0.15, -0.1) is 0 Å². The van der Waals surface area contributed by atoms with Crippen molar-refractivity contribution in [2.75, 3.05) is 27.2 Å². The molecule has 0 aliphatic heterocycles. The molecule has 3 nitrogen and oxygen atoms in total. The fraction of sp³-hybridized carbons (Fsp3) is 0.538. The lowest BCUT2D eigenvalue weighted by Gasteiger charge is -2.19. The summed E-state index contributed by atoms with van der Waals surface area (Å²) in [4.78, 5) is 1.99. The van der Waals surface area contributed by atoms with Gasteiger partial charge >= 0.3 is 0 Å². The lowest BCUT2D eigenvalue weighted by atomic mass is 10.1. The van der Waals surface area contributed by atoms with Gasteiger partial charge in [-0.25, -0.2) is 0 Å². The predicted molar refractivity (Wildman–Crippen MR) is 67.4 cm³/mol. The van der Waals surface area contributed by atoms with Crippen LogP contribution in [0.1, 0.15) is 18.5 Å². The number of nitrogens with zero attached hydrogens (tertiary/aromatic N) is 1. The molecule has 0 saturated heterocycles. The van der Waals surface area contributed by atoms with Crippen LogP contribution >= 0.6 is 0 Å². The molecule has 0 aliphatic rings. The van der Waals surface area contributed by atoms with E-state index in [1.54, 1.807) is 0 Å². The Labute approximate surface area is 98.1 Å². The Bertz CT molecular complexity index is 287. The number of hydrogen-bond donors (Lipinski definition) is 2. The summed E-state index contributed by atoms with van der Waals surface area (Å²) in [5, 5.41) is 13.0. The molecule has 0 radical (unpaired) electrons. The summed E-state index contributed by atoms with van der Waals surface area (Å²) >= 11 is 0. The summed E-state index contributed by atoms with van der Waals surface area (Å²) in [6.07, 6.45) is -0.318. The number of likely N-dealkylation sites (N-methyl/N-ethyl adjacent to an activating group) is 1.